The third-order valence-corrected chi connectivity index (χ3v) is 2.81. The second-order valence-corrected chi connectivity index (χ2v) is 4.24. The third kappa shape index (κ3) is 2.38. The molecule has 0 aliphatic heterocycles. The highest BCUT2D eigenvalue weighted by Gasteiger charge is 2.30. The molecule has 0 saturated heterocycles. The van der Waals surface area contributed by atoms with Crippen LogP contribution in [0.3, 0.4) is 0 Å². The third-order valence-electron chi connectivity index (χ3n) is 2.63. The van der Waals surface area contributed by atoms with E-state index in [0.717, 1.165) is 19.0 Å². The zero-order valence-corrected chi connectivity index (χ0v) is 9.44. The molecular weight excluding hydrogens is 232 g/mol. The van der Waals surface area contributed by atoms with Gasteiger partial charge in [0.1, 0.15) is 6.20 Å². The number of nitro groups is 1. The molecule has 0 radical (unpaired) electrons. The molecule has 6 nitrogen and oxygen atoms in total. The number of hydrogen-bond acceptors (Lipinski definition) is 5. The molecule has 1 aromatic rings. The molecule has 0 spiro atoms. The highest BCUT2D eigenvalue weighted by molar-refractivity contribution is 6.28. The lowest BCUT2D eigenvalue weighted by Crippen LogP contribution is -2.19. The molecule has 1 atom stereocenters. The number of hydrogen-bond donors (Lipinski definition) is 1. The minimum atomic E-state index is -0.516. The second kappa shape index (κ2) is 4.21. The fourth-order valence-electron chi connectivity index (χ4n) is 1.52. The maximum atomic E-state index is 10.7. The van der Waals surface area contributed by atoms with E-state index >= 15 is 0 Å². The summed E-state index contributed by atoms with van der Waals surface area (Å²) in [4.78, 5) is 17.7. The van der Waals surface area contributed by atoms with E-state index in [1.807, 2.05) is 6.92 Å². The van der Waals surface area contributed by atoms with Gasteiger partial charge in [0, 0.05) is 6.04 Å². The largest absolute Gasteiger partial charge is 0.361 e. The van der Waals surface area contributed by atoms with Gasteiger partial charge in [-0.2, -0.15) is 4.98 Å². The van der Waals surface area contributed by atoms with Crippen molar-refractivity contribution in [3.05, 3.63) is 21.6 Å². The van der Waals surface area contributed by atoms with Crippen LogP contribution in [-0.4, -0.2) is 20.9 Å². The number of nitrogens with one attached hydrogen (secondary N) is 1. The van der Waals surface area contributed by atoms with Crippen molar-refractivity contribution < 1.29 is 4.92 Å². The molecule has 1 saturated carbocycles. The van der Waals surface area contributed by atoms with E-state index in [0.29, 0.717) is 5.92 Å². The quantitative estimate of drug-likeness (QED) is 0.498. The van der Waals surface area contributed by atoms with E-state index in [2.05, 4.69) is 15.3 Å². The monoisotopic (exact) mass is 242 g/mol. The normalized spacial score (nSPS) is 16.9. The lowest BCUT2D eigenvalue weighted by atomic mass is 10.2. The molecule has 1 aromatic heterocycles. The summed E-state index contributed by atoms with van der Waals surface area (Å²) in [7, 11) is 0. The van der Waals surface area contributed by atoms with Crippen molar-refractivity contribution in [1.29, 1.82) is 0 Å². The average molecular weight is 243 g/mol. The molecule has 86 valence electrons. The van der Waals surface area contributed by atoms with Crippen LogP contribution in [0.5, 0.6) is 0 Å². The van der Waals surface area contributed by atoms with Crippen molar-refractivity contribution in [2.75, 3.05) is 5.32 Å². The van der Waals surface area contributed by atoms with Crippen LogP contribution in [-0.2, 0) is 0 Å². The molecule has 1 unspecified atom stereocenters. The Hall–Kier alpha value is -1.43. The number of nitrogens with zero attached hydrogens (tertiary/aromatic N) is 3. The lowest BCUT2D eigenvalue weighted by molar-refractivity contribution is -0.384. The molecular formula is C9H11ClN4O2. The zero-order chi connectivity index (χ0) is 11.7. The van der Waals surface area contributed by atoms with Gasteiger partial charge in [0.2, 0.25) is 11.1 Å². The van der Waals surface area contributed by atoms with Gasteiger partial charge in [-0.3, -0.25) is 10.1 Å². The van der Waals surface area contributed by atoms with Gasteiger partial charge in [-0.15, -0.1) is 0 Å². The van der Waals surface area contributed by atoms with Crippen molar-refractivity contribution in [3.8, 4) is 0 Å². The van der Waals surface area contributed by atoms with Gasteiger partial charge >= 0.3 is 5.69 Å². The Kier molecular flexibility index (Phi) is 2.91. The van der Waals surface area contributed by atoms with Gasteiger partial charge in [0.25, 0.3) is 0 Å². The highest BCUT2D eigenvalue weighted by Crippen LogP contribution is 2.35. The minimum absolute atomic E-state index is 0.0103. The second-order valence-electron chi connectivity index (χ2n) is 3.90. The summed E-state index contributed by atoms with van der Waals surface area (Å²) in [6.45, 7) is 1.98. The van der Waals surface area contributed by atoms with E-state index in [1.54, 1.807) is 0 Å². The number of aromatic nitrogens is 2. The van der Waals surface area contributed by atoms with Crippen LogP contribution < -0.4 is 5.32 Å². The molecule has 1 N–H and O–H groups in total. The summed E-state index contributed by atoms with van der Waals surface area (Å²) in [6.07, 6.45) is 3.43. The Bertz CT molecular complexity index is 422. The van der Waals surface area contributed by atoms with Crippen molar-refractivity contribution in [2.45, 2.75) is 25.8 Å². The van der Waals surface area contributed by atoms with Gasteiger partial charge in [-0.05, 0) is 37.3 Å². The summed E-state index contributed by atoms with van der Waals surface area (Å²) < 4.78 is 0. The van der Waals surface area contributed by atoms with E-state index in [9.17, 15) is 10.1 Å². The van der Waals surface area contributed by atoms with Crippen LogP contribution >= 0.6 is 11.6 Å². The molecule has 1 aliphatic carbocycles. The van der Waals surface area contributed by atoms with Gasteiger partial charge < -0.3 is 5.32 Å². The Balaban J connectivity index is 2.22. The molecule has 0 aromatic carbocycles. The molecule has 1 aliphatic rings. The van der Waals surface area contributed by atoms with Crippen LogP contribution in [0.15, 0.2) is 6.20 Å². The van der Waals surface area contributed by atoms with Gasteiger partial charge in [0.05, 0.1) is 4.92 Å². The fraction of sp³-hybridized carbons (Fsp3) is 0.556. The predicted molar refractivity (Wildman–Crippen MR) is 59.5 cm³/mol. The van der Waals surface area contributed by atoms with Gasteiger partial charge in [-0.25, -0.2) is 4.98 Å². The van der Waals surface area contributed by atoms with Crippen LogP contribution in [0.1, 0.15) is 19.8 Å². The fourth-order valence-corrected chi connectivity index (χ4v) is 1.66. The lowest BCUT2D eigenvalue weighted by Gasteiger charge is -2.12. The molecule has 1 fully saturated rings. The summed E-state index contributed by atoms with van der Waals surface area (Å²) in [5.74, 6) is 0.776. The Morgan fingerprint density at radius 3 is 2.94 bits per heavy atom. The van der Waals surface area contributed by atoms with Gasteiger partial charge in [0.15, 0.2) is 0 Å². The van der Waals surface area contributed by atoms with Crippen molar-refractivity contribution in [3.63, 3.8) is 0 Å². The SMILES string of the molecule is CC(Nc1nc(Cl)ncc1[N+](=O)[O-])C1CC1. The van der Waals surface area contributed by atoms with Crippen molar-refractivity contribution in [1.82, 2.24) is 9.97 Å². The van der Waals surface area contributed by atoms with Crippen LogP contribution in [0, 0.1) is 16.0 Å². The Morgan fingerprint density at radius 2 is 2.38 bits per heavy atom. The Labute approximate surface area is 97.2 Å². The molecule has 2 rings (SSSR count). The van der Waals surface area contributed by atoms with Crippen LogP contribution in [0.4, 0.5) is 11.5 Å². The molecule has 16 heavy (non-hydrogen) atoms. The molecule has 0 bridgehead atoms. The first-order valence-electron chi connectivity index (χ1n) is 5.01. The molecule has 1 heterocycles. The van der Waals surface area contributed by atoms with E-state index in [1.165, 1.54) is 0 Å². The van der Waals surface area contributed by atoms with E-state index in [-0.39, 0.29) is 22.8 Å². The van der Waals surface area contributed by atoms with E-state index < -0.39 is 4.92 Å². The first kappa shape index (κ1) is 11.1. The van der Waals surface area contributed by atoms with Crippen molar-refractivity contribution >= 4 is 23.1 Å². The first-order chi connectivity index (χ1) is 7.58. The zero-order valence-electron chi connectivity index (χ0n) is 8.68. The summed E-state index contributed by atoms with van der Waals surface area (Å²) >= 11 is 5.62. The van der Waals surface area contributed by atoms with Crippen LogP contribution in [0.2, 0.25) is 5.28 Å². The maximum absolute atomic E-state index is 10.7. The highest BCUT2D eigenvalue weighted by atomic mass is 35.5. The topological polar surface area (TPSA) is 81.0 Å². The molecule has 7 heteroatoms. The summed E-state index contributed by atoms with van der Waals surface area (Å²) in [5.41, 5.74) is -0.142. The predicted octanol–water partition coefficient (Wildman–Crippen LogP) is 2.25. The number of anilines is 1. The van der Waals surface area contributed by atoms with Crippen molar-refractivity contribution in [2.24, 2.45) is 5.92 Å². The average Bonchev–Trinajstić information content (AvgIpc) is 2.99. The van der Waals surface area contributed by atoms with Gasteiger partial charge in [-0.1, -0.05) is 0 Å². The first-order valence-corrected chi connectivity index (χ1v) is 5.39. The standard InChI is InChI=1S/C9H11ClN4O2/c1-5(6-2-3-6)12-8-7(14(15)16)4-11-9(10)13-8/h4-6H,2-3H2,1H3,(H,11,12,13). The van der Waals surface area contributed by atoms with E-state index in [4.69, 9.17) is 11.6 Å². The van der Waals surface area contributed by atoms with Crippen LogP contribution in [0.25, 0.3) is 0 Å². The number of halogens is 1. The summed E-state index contributed by atoms with van der Waals surface area (Å²) in [6, 6.07) is 0.171. The molecule has 0 amide bonds. The number of rotatable bonds is 4. The smallest absolute Gasteiger partial charge is 0.329 e. The minimum Gasteiger partial charge on any atom is -0.361 e. The maximum Gasteiger partial charge on any atom is 0.329 e. The Morgan fingerprint density at radius 1 is 1.69 bits per heavy atom. The summed E-state index contributed by atoms with van der Waals surface area (Å²) in [5, 5.41) is 13.8.